The molecular formula is C17H18BrF2N. The lowest BCUT2D eigenvalue weighted by Gasteiger charge is -2.15. The van der Waals surface area contributed by atoms with Gasteiger partial charge in [0.2, 0.25) is 0 Å². The average Bonchev–Trinajstić information content (AvgIpc) is 2.37. The van der Waals surface area contributed by atoms with Crippen LogP contribution in [0.5, 0.6) is 0 Å². The van der Waals surface area contributed by atoms with Crippen molar-refractivity contribution in [2.75, 3.05) is 0 Å². The van der Waals surface area contributed by atoms with E-state index < -0.39 is 17.7 Å². The van der Waals surface area contributed by atoms with Crippen LogP contribution >= 0.6 is 15.9 Å². The second-order valence-electron chi connectivity index (χ2n) is 5.60. The van der Waals surface area contributed by atoms with E-state index in [1.807, 2.05) is 24.3 Å². The van der Waals surface area contributed by atoms with Gasteiger partial charge >= 0.3 is 0 Å². The van der Waals surface area contributed by atoms with Crippen LogP contribution in [0, 0.1) is 17.6 Å². The average molecular weight is 354 g/mol. The second-order valence-corrected chi connectivity index (χ2v) is 6.52. The first-order chi connectivity index (χ1) is 9.88. The summed E-state index contributed by atoms with van der Waals surface area (Å²) in [5.41, 5.74) is 7.81. The fourth-order valence-electron chi connectivity index (χ4n) is 2.35. The summed E-state index contributed by atoms with van der Waals surface area (Å²) in [6.45, 7) is 4.29. The SMILES string of the molecule is CC(C)Cc1ccc(C(N)c2c(F)cc(Br)cc2F)cc1. The van der Waals surface area contributed by atoms with E-state index in [2.05, 4.69) is 29.8 Å². The maximum absolute atomic E-state index is 13.9. The highest BCUT2D eigenvalue weighted by Gasteiger charge is 2.19. The standard InChI is InChI=1S/C17H18BrF2N/c1-10(2)7-11-3-5-12(6-4-11)17(21)16-14(19)8-13(18)9-15(16)20/h3-6,8-10,17H,7,21H2,1-2H3. The predicted octanol–water partition coefficient (Wildman–Crippen LogP) is 4.97. The highest BCUT2D eigenvalue weighted by molar-refractivity contribution is 9.10. The minimum atomic E-state index is -0.814. The number of rotatable bonds is 4. The van der Waals surface area contributed by atoms with Crippen molar-refractivity contribution in [3.05, 3.63) is 69.2 Å². The third kappa shape index (κ3) is 3.89. The zero-order chi connectivity index (χ0) is 15.6. The molecule has 0 aromatic heterocycles. The minimum absolute atomic E-state index is 0.102. The molecule has 1 unspecified atom stereocenters. The van der Waals surface area contributed by atoms with E-state index in [1.54, 1.807) is 0 Å². The van der Waals surface area contributed by atoms with Crippen molar-refractivity contribution < 1.29 is 8.78 Å². The Balaban J connectivity index is 2.30. The van der Waals surface area contributed by atoms with Crippen LogP contribution in [0.25, 0.3) is 0 Å². The third-order valence-electron chi connectivity index (χ3n) is 3.34. The summed E-state index contributed by atoms with van der Waals surface area (Å²) >= 11 is 3.06. The van der Waals surface area contributed by atoms with Crippen LogP contribution in [-0.4, -0.2) is 0 Å². The highest BCUT2D eigenvalue weighted by atomic mass is 79.9. The van der Waals surface area contributed by atoms with E-state index in [9.17, 15) is 8.78 Å². The first-order valence-corrected chi connectivity index (χ1v) is 7.66. The van der Waals surface area contributed by atoms with Gasteiger partial charge in [-0.1, -0.05) is 54.0 Å². The normalized spacial score (nSPS) is 12.7. The third-order valence-corrected chi connectivity index (χ3v) is 3.80. The number of benzene rings is 2. The molecule has 21 heavy (non-hydrogen) atoms. The van der Waals surface area contributed by atoms with Gasteiger partial charge in [-0.2, -0.15) is 0 Å². The van der Waals surface area contributed by atoms with Crippen molar-refractivity contribution in [3.8, 4) is 0 Å². The lowest BCUT2D eigenvalue weighted by molar-refractivity contribution is 0.542. The number of hydrogen-bond acceptors (Lipinski definition) is 1. The Kier molecular flexibility index (Phi) is 5.12. The van der Waals surface area contributed by atoms with Crippen molar-refractivity contribution >= 4 is 15.9 Å². The Hall–Kier alpha value is -1.26. The minimum Gasteiger partial charge on any atom is -0.320 e. The molecule has 0 radical (unpaired) electrons. The summed E-state index contributed by atoms with van der Waals surface area (Å²) in [4.78, 5) is 0. The van der Waals surface area contributed by atoms with Crippen LogP contribution in [0.1, 0.15) is 36.6 Å². The maximum atomic E-state index is 13.9. The van der Waals surface area contributed by atoms with Crippen LogP contribution < -0.4 is 5.73 Å². The van der Waals surface area contributed by atoms with E-state index in [-0.39, 0.29) is 5.56 Å². The molecule has 0 aliphatic rings. The summed E-state index contributed by atoms with van der Waals surface area (Å²) < 4.78 is 28.3. The van der Waals surface area contributed by atoms with E-state index in [0.29, 0.717) is 16.0 Å². The van der Waals surface area contributed by atoms with Gasteiger partial charge in [0.05, 0.1) is 6.04 Å². The van der Waals surface area contributed by atoms with Crippen LogP contribution in [0.4, 0.5) is 8.78 Å². The summed E-state index contributed by atoms with van der Waals surface area (Å²) in [5.74, 6) is -0.716. The predicted molar refractivity (Wildman–Crippen MR) is 85.1 cm³/mol. The lowest BCUT2D eigenvalue weighted by atomic mass is 9.95. The van der Waals surface area contributed by atoms with Gasteiger partial charge in [0, 0.05) is 10.0 Å². The fraction of sp³-hybridized carbons (Fsp3) is 0.294. The molecule has 1 atom stereocenters. The van der Waals surface area contributed by atoms with Crippen LogP contribution in [0.2, 0.25) is 0 Å². The second kappa shape index (κ2) is 6.67. The van der Waals surface area contributed by atoms with Crippen molar-refractivity contribution in [2.45, 2.75) is 26.3 Å². The smallest absolute Gasteiger partial charge is 0.132 e. The maximum Gasteiger partial charge on any atom is 0.132 e. The zero-order valence-electron chi connectivity index (χ0n) is 12.0. The Morgan fingerprint density at radius 1 is 1.05 bits per heavy atom. The summed E-state index contributed by atoms with van der Waals surface area (Å²) in [6, 6.07) is 9.24. The van der Waals surface area contributed by atoms with Gasteiger partial charge in [-0.15, -0.1) is 0 Å². The summed E-state index contributed by atoms with van der Waals surface area (Å²) in [7, 11) is 0. The van der Waals surface area contributed by atoms with Crippen molar-refractivity contribution in [1.82, 2.24) is 0 Å². The zero-order valence-corrected chi connectivity index (χ0v) is 13.6. The molecule has 4 heteroatoms. The molecule has 0 amide bonds. The molecule has 0 heterocycles. The van der Waals surface area contributed by atoms with Gasteiger partial charge in [0.1, 0.15) is 11.6 Å². The molecular weight excluding hydrogens is 336 g/mol. The van der Waals surface area contributed by atoms with E-state index in [1.165, 1.54) is 17.7 Å². The Morgan fingerprint density at radius 2 is 1.57 bits per heavy atom. The largest absolute Gasteiger partial charge is 0.320 e. The van der Waals surface area contributed by atoms with Crippen molar-refractivity contribution in [3.63, 3.8) is 0 Å². The number of halogens is 3. The van der Waals surface area contributed by atoms with Crippen LogP contribution in [0.15, 0.2) is 40.9 Å². The molecule has 0 bridgehead atoms. The monoisotopic (exact) mass is 353 g/mol. The van der Waals surface area contributed by atoms with Gasteiger partial charge < -0.3 is 5.73 Å². The molecule has 2 aromatic rings. The Morgan fingerprint density at radius 3 is 2.05 bits per heavy atom. The van der Waals surface area contributed by atoms with Gasteiger partial charge in [-0.3, -0.25) is 0 Å². The van der Waals surface area contributed by atoms with E-state index >= 15 is 0 Å². The highest BCUT2D eigenvalue weighted by Crippen LogP contribution is 2.28. The molecule has 0 saturated carbocycles. The number of nitrogens with two attached hydrogens (primary N) is 1. The first kappa shape index (κ1) is 16.1. The van der Waals surface area contributed by atoms with Gasteiger partial charge in [0.15, 0.2) is 0 Å². The Bertz CT molecular complexity index is 600. The van der Waals surface area contributed by atoms with E-state index in [0.717, 1.165) is 6.42 Å². The molecule has 0 aliphatic heterocycles. The quantitative estimate of drug-likeness (QED) is 0.824. The van der Waals surface area contributed by atoms with Crippen molar-refractivity contribution in [1.29, 1.82) is 0 Å². The lowest BCUT2D eigenvalue weighted by Crippen LogP contribution is -2.15. The molecule has 0 aliphatic carbocycles. The van der Waals surface area contributed by atoms with Gasteiger partial charge in [0.25, 0.3) is 0 Å². The summed E-state index contributed by atoms with van der Waals surface area (Å²) in [6.07, 6.45) is 0.969. The molecule has 2 aromatic carbocycles. The van der Waals surface area contributed by atoms with Crippen LogP contribution in [0.3, 0.4) is 0 Å². The van der Waals surface area contributed by atoms with Gasteiger partial charge in [-0.05, 0) is 35.6 Å². The van der Waals surface area contributed by atoms with E-state index in [4.69, 9.17) is 5.73 Å². The number of hydrogen-bond donors (Lipinski definition) is 1. The van der Waals surface area contributed by atoms with Crippen molar-refractivity contribution in [2.24, 2.45) is 11.7 Å². The fourth-order valence-corrected chi connectivity index (χ4v) is 2.75. The molecule has 0 spiro atoms. The molecule has 2 rings (SSSR count). The molecule has 2 N–H and O–H groups in total. The van der Waals surface area contributed by atoms with Crippen LogP contribution in [-0.2, 0) is 6.42 Å². The topological polar surface area (TPSA) is 26.0 Å². The molecule has 1 nitrogen and oxygen atoms in total. The Labute approximate surface area is 132 Å². The molecule has 0 fully saturated rings. The van der Waals surface area contributed by atoms with Gasteiger partial charge in [-0.25, -0.2) is 8.78 Å². The molecule has 0 saturated heterocycles. The first-order valence-electron chi connectivity index (χ1n) is 6.87. The molecule has 112 valence electrons. The summed E-state index contributed by atoms with van der Waals surface area (Å²) in [5, 5.41) is 0.